The summed E-state index contributed by atoms with van der Waals surface area (Å²) in [7, 11) is 0. The first-order chi connectivity index (χ1) is 14.0. The predicted octanol–water partition coefficient (Wildman–Crippen LogP) is -0.756. The van der Waals surface area contributed by atoms with Gasteiger partial charge in [0.15, 0.2) is 0 Å². The second kappa shape index (κ2) is 8.02. The smallest absolute Gasteiger partial charge is 0.262 e. The van der Waals surface area contributed by atoms with E-state index in [1.165, 1.54) is 0 Å². The summed E-state index contributed by atoms with van der Waals surface area (Å²) in [5, 5.41) is 14.4. The number of imide groups is 2. The largest absolute Gasteiger partial charge is 0.395 e. The highest BCUT2D eigenvalue weighted by Crippen LogP contribution is 2.29. The van der Waals surface area contributed by atoms with Gasteiger partial charge in [-0.25, -0.2) is 0 Å². The molecule has 3 heterocycles. The number of aliphatic hydroxyl groups is 1. The number of nitrogens with zero attached hydrogens (tertiary/aromatic N) is 2. The van der Waals surface area contributed by atoms with Crippen LogP contribution in [-0.4, -0.2) is 76.9 Å². The van der Waals surface area contributed by atoms with E-state index in [9.17, 15) is 19.2 Å². The van der Waals surface area contributed by atoms with Gasteiger partial charge in [-0.05, 0) is 30.5 Å². The standard InChI is InChI=1S/C20H24N4O5/c25-8-6-21-13-5-7-23(11-13)10-12-1-2-14-15(9-12)20(29)24(19(14)28)16-3-4-17(26)22-18(16)27/h1-2,9,13,16,21,25H,3-8,10-11H2,(H,22,26,27). The Balaban J connectivity index is 1.46. The van der Waals surface area contributed by atoms with Gasteiger partial charge in [-0.1, -0.05) is 6.07 Å². The number of benzene rings is 1. The average molecular weight is 400 g/mol. The molecule has 0 bridgehead atoms. The zero-order valence-electron chi connectivity index (χ0n) is 16.0. The number of aliphatic hydroxyl groups excluding tert-OH is 1. The Bertz CT molecular complexity index is 870. The summed E-state index contributed by atoms with van der Waals surface area (Å²) in [6.45, 7) is 3.11. The predicted molar refractivity (Wildman–Crippen MR) is 102 cm³/mol. The molecule has 2 unspecified atom stereocenters. The van der Waals surface area contributed by atoms with E-state index in [4.69, 9.17) is 5.11 Å². The fourth-order valence-electron chi connectivity index (χ4n) is 4.29. The van der Waals surface area contributed by atoms with Gasteiger partial charge in [0.05, 0.1) is 17.7 Å². The minimum atomic E-state index is -0.944. The van der Waals surface area contributed by atoms with Crippen molar-refractivity contribution in [2.24, 2.45) is 0 Å². The van der Waals surface area contributed by atoms with Crippen LogP contribution in [0, 0.1) is 0 Å². The molecule has 3 aliphatic rings. The summed E-state index contributed by atoms with van der Waals surface area (Å²) in [6, 6.07) is 4.61. The highest BCUT2D eigenvalue weighted by Gasteiger charge is 2.44. The molecule has 0 spiro atoms. The first-order valence-corrected chi connectivity index (χ1v) is 9.89. The van der Waals surface area contributed by atoms with Gasteiger partial charge in [0, 0.05) is 38.6 Å². The number of hydrogen-bond donors (Lipinski definition) is 3. The lowest BCUT2D eigenvalue weighted by atomic mass is 10.0. The lowest BCUT2D eigenvalue weighted by Gasteiger charge is -2.27. The SMILES string of the molecule is O=C1CCC(N2C(=O)c3ccc(CN4CCC(NCCO)C4)cc3C2=O)C(=O)N1. The Morgan fingerprint density at radius 2 is 1.90 bits per heavy atom. The fraction of sp³-hybridized carbons (Fsp3) is 0.500. The van der Waals surface area contributed by atoms with E-state index in [1.54, 1.807) is 12.1 Å². The van der Waals surface area contributed by atoms with Crippen LogP contribution < -0.4 is 10.6 Å². The number of nitrogens with one attached hydrogen (secondary N) is 2. The number of hydrogen-bond acceptors (Lipinski definition) is 7. The molecule has 2 atom stereocenters. The molecule has 9 heteroatoms. The number of likely N-dealkylation sites (tertiary alicyclic amines) is 1. The molecule has 1 aromatic rings. The maximum Gasteiger partial charge on any atom is 0.262 e. The Morgan fingerprint density at radius 3 is 2.66 bits per heavy atom. The Kier molecular flexibility index (Phi) is 5.44. The fourth-order valence-corrected chi connectivity index (χ4v) is 4.29. The Morgan fingerprint density at radius 1 is 1.10 bits per heavy atom. The van der Waals surface area contributed by atoms with E-state index in [0.29, 0.717) is 30.3 Å². The van der Waals surface area contributed by atoms with Crippen molar-refractivity contribution >= 4 is 23.6 Å². The molecule has 4 rings (SSSR count). The van der Waals surface area contributed by atoms with Crippen molar-refractivity contribution in [2.75, 3.05) is 26.2 Å². The maximum absolute atomic E-state index is 12.9. The van der Waals surface area contributed by atoms with Gasteiger partial charge in [-0.2, -0.15) is 0 Å². The van der Waals surface area contributed by atoms with Crippen LogP contribution in [0.25, 0.3) is 0 Å². The van der Waals surface area contributed by atoms with Crippen molar-refractivity contribution in [1.82, 2.24) is 20.4 Å². The lowest BCUT2D eigenvalue weighted by Crippen LogP contribution is -2.54. The summed E-state index contributed by atoms with van der Waals surface area (Å²) in [6.07, 6.45) is 1.25. The highest BCUT2D eigenvalue weighted by atomic mass is 16.3. The van der Waals surface area contributed by atoms with Crippen molar-refractivity contribution in [1.29, 1.82) is 0 Å². The molecular weight excluding hydrogens is 376 g/mol. The minimum Gasteiger partial charge on any atom is -0.395 e. The second-order valence-electron chi connectivity index (χ2n) is 7.73. The third kappa shape index (κ3) is 3.81. The molecule has 0 saturated carbocycles. The van der Waals surface area contributed by atoms with Crippen LogP contribution in [0.3, 0.4) is 0 Å². The first kappa shape index (κ1) is 19.7. The Labute approximate surface area is 168 Å². The van der Waals surface area contributed by atoms with E-state index >= 15 is 0 Å². The van der Waals surface area contributed by atoms with Crippen molar-refractivity contribution < 1.29 is 24.3 Å². The molecule has 0 aliphatic carbocycles. The van der Waals surface area contributed by atoms with Gasteiger partial charge in [0.25, 0.3) is 11.8 Å². The van der Waals surface area contributed by atoms with Gasteiger partial charge in [0.1, 0.15) is 6.04 Å². The van der Waals surface area contributed by atoms with Crippen molar-refractivity contribution in [3.63, 3.8) is 0 Å². The van der Waals surface area contributed by atoms with Crippen LogP contribution >= 0.6 is 0 Å². The summed E-state index contributed by atoms with van der Waals surface area (Å²) >= 11 is 0. The van der Waals surface area contributed by atoms with E-state index in [0.717, 1.165) is 30.0 Å². The molecule has 2 saturated heterocycles. The summed E-state index contributed by atoms with van der Waals surface area (Å²) < 4.78 is 0. The summed E-state index contributed by atoms with van der Waals surface area (Å²) in [5.41, 5.74) is 1.54. The number of amides is 4. The maximum atomic E-state index is 12.9. The Hall–Kier alpha value is -2.62. The topological polar surface area (TPSA) is 119 Å². The van der Waals surface area contributed by atoms with Gasteiger partial charge in [-0.3, -0.25) is 34.3 Å². The van der Waals surface area contributed by atoms with Crippen molar-refractivity contribution in [3.8, 4) is 0 Å². The van der Waals surface area contributed by atoms with Crippen LogP contribution in [0.15, 0.2) is 18.2 Å². The van der Waals surface area contributed by atoms with E-state index in [2.05, 4.69) is 15.5 Å². The van der Waals surface area contributed by atoms with Gasteiger partial charge >= 0.3 is 0 Å². The second-order valence-corrected chi connectivity index (χ2v) is 7.73. The molecule has 4 amide bonds. The third-order valence-corrected chi connectivity index (χ3v) is 5.73. The zero-order chi connectivity index (χ0) is 20.5. The van der Waals surface area contributed by atoms with Gasteiger partial charge in [0.2, 0.25) is 11.8 Å². The molecule has 0 aromatic heterocycles. The van der Waals surface area contributed by atoms with Crippen LogP contribution in [-0.2, 0) is 16.1 Å². The highest BCUT2D eigenvalue weighted by molar-refractivity contribution is 6.23. The normalized spacial score (nSPS) is 24.9. The molecule has 1 aromatic carbocycles. The van der Waals surface area contributed by atoms with E-state index in [-0.39, 0.29) is 25.4 Å². The van der Waals surface area contributed by atoms with Gasteiger partial charge in [-0.15, -0.1) is 0 Å². The number of piperidine rings is 1. The molecule has 0 radical (unpaired) electrons. The van der Waals surface area contributed by atoms with Gasteiger partial charge < -0.3 is 10.4 Å². The number of rotatable bonds is 6. The monoisotopic (exact) mass is 400 g/mol. The third-order valence-electron chi connectivity index (χ3n) is 5.73. The molecule has 29 heavy (non-hydrogen) atoms. The van der Waals surface area contributed by atoms with Crippen molar-refractivity contribution in [2.45, 2.75) is 37.9 Å². The zero-order valence-corrected chi connectivity index (χ0v) is 16.0. The quantitative estimate of drug-likeness (QED) is 0.537. The van der Waals surface area contributed by atoms with Crippen LogP contribution in [0.4, 0.5) is 0 Å². The minimum absolute atomic E-state index is 0.107. The van der Waals surface area contributed by atoms with Crippen LogP contribution in [0.5, 0.6) is 0 Å². The molecule has 2 fully saturated rings. The lowest BCUT2D eigenvalue weighted by molar-refractivity contribution is -0.136. The number of carbonyl (C=O) groups is 4. The summed E-state index contributed by atoms with van der Waals surface area (Å²) in [5.74, 6) is -1.96. The molecule has 9 nitrogen and oxygen atoms in total. The van der Waals surface area contributed by atoms with E-state index < -0.39 is 23.8 Å². The van der Waals surface area contributed by atoms with E-state index in [1.807, 2.05) is 6.07 Å². The number of carbonyl (C=O) groups excluding carboxylic acids is 4. The molecular formula is C20H24N4O5. The number of fused-ring (bicyclic) bond motifs is 1. The summed E-state index contributed by atoms with van der Waals surface area (Å²) in [4.78, 5) is 52.4. The van der Waals surface area contributed by atoms with Crippen LogP contribution in [0.1, 0.15) is 45.5 Å². The first-order valence-electron chi connectivity index (χ1n) is 9.89. The molecule has 154 valence electrons. The van der Waals surface area contributed by atoms with Crippen molar-refractivity contribution in [3.05, 3.63) is 34.9 Å². The molecule has 3 N–H and O–H groups in total. The molecule has 3 aliphatic heterocycles. The van der Waals surface area contributed by atoms with Crippen LogP contribution in [0.2, 0.25) is 0 Å². The average Bonchev–Trinajstić information content (AvgIpc) is 3.24.